The molecule has 3 heterocycles. The van der Waals surface area contributed by atoms with Crippen LogP contribution < -0.4 is 0 Å². The van der Waals surface area contributed by atoms with Crippen LogP contribution in [0.1, 0.15) is 35.0 Å². The van der Waals surface area contributed by atoms with Crippen molar-refractivity contribution in [3.63, 3.8) is 0 Å². The molecule has 0 unspecified atom stereocenters. The Morgan fingerprint density at radius 1 is 1.36 bits per heavy atom. The number of hydrogen-bond donors (Lipinski definition) is 0. The highest BCUT2D eigenvalue weighted by Gasteiger charge is 2.20. The normalized spacial score (nSPS) is 17.2. The lowest BCUT2D eigenvalue weighted by molar-refractivity contribution is 0.00693. The van der Waals surface area contributed by atoms with Gasteiger partial charge in [-0.2, -0.15) is 4.98 Å². The second-order valence-electron chi connectivity index (χ2n) is 5.85. The summed E-state index contributed by atoms with van der Waals surface area (Å²) in [7, 11) is 0. The molecular formula is C16H23N3O2S. The zero-order chi connectivity index (χ0) is 15.4. The molecule has 6 heteroatoms. The van der Waals surface area contributed by atoms with Crippen LogP contribution in [0.15, 0.2) is 16.0 Å². The van der Waals surface area contributed by atoms with Crippen LogP contribution in [0.3, 0.4) is 0 Å². The summed E-state index contributed by atoms with van der Waals surface area (Å²) in [4.78, 5) is 8.21. The van der Waals surface area contributed by atoms with Gasteiger partial charge in [-0.25, -0.2) is 0 Å². The van der Waals surface area contributed by atoms with Gasteiger partial charge in [0, 0.05) is 37.9 Å². The van der Waals surface area contributed by atoms with Gasteiger partial charge in [0.25, 0.3) is 0 Å². The molecule has 1 aliphatic heterocycles. The molecule has 2 aromatic heterocycles. The van der Waals surface area contributed by atoms with Gasteiger partial charge in [-0.3, -0.25) is 4.90 Å². The molecule has 1 saturated heterocycles. The van der Waals surface area contributed by atoms with Crippen LogP contribution >= 0.6 is 11.3 Å². The Morgan fingerprint density at radius 2 is 2.18 bits per heavy atom. The van der Waals surface area contributed by atoms with Crippen LogP contribution in [0.2, 0.25) is 0 Å². The largest absolute Gasteiger partial charge is 0.378 e. The summed E-state index contributed by atoms with van der Waals surface area (Å²) in [6.07, 6.45) is 3.31. The first-order valence-electron chi connectivity index (χ1n) is 7.87. The smallest absolute Gasteiger partial charge is 0.223 e. The first-order chi connectivity index (χ1) is 10.7. The molecular weight excluding hydrogens is 298 g/mol. The van der Waals surface area contributed by atoms with Crippen molar-refractivity contribution < 1.29 is 9.26 Å². The molecule has 0 bridgehead atoms. The number of hydrogen-bond acceptors (Lipinski definition) is 6. The van der Waals surface area contributed by atoms with Crippen molar-refractivity contribution in [1.82, 2.24) is 15.0 Å². The maximum atomic E-state index is 5.96. The monoisotopic (exact) mass is 321 g/mol. The Balaban J connectivity index is 1.36. The van der Waals surface area contributed by atoms with E-state index < -0.39 is 0 Å². The summed E-state index contributed by atoms with van der Waals surface area (Å²) in [6.45, 7) is 7.99. The van der Waals surface area contributed by atoms with E-state index in [0.717, 1.165) is 44.7 Å². The van der Waals surface area contributed by atoms with Crippen molar-refractivity contribution >= 4 is 11.3 Å². The SMILES string of the molecule is Cc1nc(CCOC2CCN(Cc3sccc3C)CC2)no1. The molecule has 5 nitrogen and oxygen atoms in total. The number of rotatable bonds is 6. The van der Waals surface area contributed by atoms with E-state index in [1.165, 1.54) is 10.4 Å². The number of aromatic nitrogens is 2. The van der Waals surface area contributed by atoms with Crippen molar-refractivity contribution in [3.05, 3.63) is 33.6 Å². The van der Waals surface area contributed by atoms with E-state index in [-0.39, 0.29) is 0 Å². The summed E-state index contributed by atoms with van der Waals surface area (Å²) in [5.41, 5.74) is 1.42. The van der Waals surface area contributed by atoms with Crippen LogP contribution in [-0.2, 0) is 17.7 Å². The predicted octanol–water partition coefficient (Wildman–Crippen LogP) is 2.97. The van der Waals surface area contributed by atoms with Crippen LogP contribution in [-0.4, -0.2) is 40.8 Å². The summed E-state index contributed by atoms with van der Waals surface area (Å²) < 4.78 is 10.9. The van der Waals surface area contributed by atoms with Crippen molar-refractivity contribution in [3.8, 4) is 0 Å². The second kappa shape index (κ2) is 7.35. The van der Waals surface area contributed by atoms with Gasteiger partial charge >= 0.3 is 0 Å². The minimum Gasteiger partial charge on any atom is -0.378 e. The number of nitrogens with zero attached hydrogens (tertiary/aromatic N) is 3. The van der Waals surface area contributed by atoms with Crippen molar-refractivity contribution in [1.29, 1.82) is 0 Å². The van der Waals surface area contributed by atoms with Crippen molar-refractivity contribution in [2.45, 2.75) is 45.8 Å². The second-order valence-corrected chi connectivity index (χ2v) is 6.85. The van der Waals surface area contributed by atoms with Gasteiger partial charge in [-0.05, 0) is 36.8 Å². The predicted molar refractivity (Wildman–Crippen MR) is 86.0 cm³/mol. The number of aryl methyl sites for hydroxylation is 2. The van der Waals surface area contributed by atoms with E-state index in [2.05, 4.69) is 33.4 Å². The molecule has 0 N–H and O–H groups in total. The third-order valence-corrected chi connectivity index (χ3v) is 5.13. The van der Waals surface area contributed by atoms with Gasteiger partial charge in [0.15, 0.2) is 5.82 Å². The highest BCUT2D eigenvalue weighted by molar-refractivity contribution is 7.10. The fourth-order valence-electron chi connectivity index (χ4n) is 2.76. The number of thiophene rings is 1. The fraction of sp³-hybridized carbons (Fsp3) is 0.625. The topological polar surface area (TPSA) is 51.4 Å². The molecule has 0 radical (unpaired) electrons. The lowest BCUT2D eigenvalue weighted by atomic mass is 10.1. The van der Waals surface area contributed by atoms with Crippen LogP contribution in [0.25, 0.3) is 0 Å². The Labute approximate surface area is 135 Å². The summed E-state index contributed by atoms with van der Waals surface area (Å²) >= 11 is 1.86. The van der Waals surface area contributed by atoms with Crippen molar-refractivity contribution in [2.24, 2.45) is 0 Å². The molecule has 1 aliphatic rings. The summed E-state index contributed by atoms with van der Waals surface area (Å²) in [6, 6.07) is 2.20. The highest BCUT2D eigenvalue weighted by atomic mass is 32.1. The van der Waals surface area contributed by atoms with Gasteiger partial charge in [-0.1, -0.05) is 5.16 Å². The third-order valence-electron chi connectivity index (χ3n) is 4.12. The van der Waals surface area contributed by atoms with E-state index >= 15 is 0 Å². The average molecular weight is 321 g/mol. The molecule has 0 atom stereocenters. The third kappa shape index (κ3) is 4.15. The van der Waals surface area contributed by atoms with Crippen LogP contribution in [0, 0.1) is 13.8 Å². The van der Waals surface area contributed by atoms with E-state index in [9.17, 15) is 0 Å². The number of ether oxygens (including phenoxy) is 1. The first-order valence-corrected chi connectivity index (χ1v) is 8.75. The van der Waals surface area contributed by atoms with Crippen molar-refractivity contribution in [2.75, 3.05) is 19.7 Å². The Hall–Kier alpha value is -1.24. The lowest BCUT2D eigenvalue weighted by Crippen LogP contribution is -2.36. The molecule has 0 saturated carbocycles. The zero-order valence-corrected chi connectivity index (χ0v) is 14.1. The molecule has 0 spiro atoms. The minimum atomic E-state index is 0.369. The maximum absolute atomic E-state index is 5.96. The Morgan fingerprint density at radius 3 is 2.82 bits per heavy atom. The van der Waals surface area contributed by atoms with E-state index in [1.807, 2.05) is 18.3 Å². The average Bonchev–Trinajstić information content (AvgIpc) is 3.10. The van der Waals surface area contributed by atoms with Gasteiger partial charge in [0.2, 0.25) is 5.89 Å². The zero-order valence-electron chi connectivity index (χ0n) is 13.2. The van der Waals surface area contributed by atoms with Crippen LogP contribution in [0.4, 0.5) is 0 Å². The highest BCUT2D eigenvalue weighted by Crippen LogP contribution is 2.21. The quantitative estimate of drug-likeness (QED) is 0.819. The van der Waals surface area contributed by atoms with E-state index in [4.69, 9.17) is 9.26 Å². The molecule has 3 rings (SSSR count). The Bertz CT molecular complexity index is 588. The lowest BCUT2D eigenvalue weighted by Gasteiger charge is -2.31. The number of likely N-dealkylation sites (tertiary alicyclic amines) is 1. The van der Waals surface area contributed by atoms with E-state index in [0.29, 0.717) is 18.6 Å². The summed E-state index contributed by atoms with van der Waals surface area (Å²) in [5, 5.41) is 6.07. The molecule has 1 fully saturated rings. The minimum absolute atomic E-state index is 0.369. The first kappa shape index (κ1) is 15.6. The molecule has 22 heavy (non-hydrogen) atoms. The van der Waals surface area contributed by atoms with Gasteiger partial charge in [0.1, 0.15) is 0 Å². The maximum Gasteiger partial charge on any atom is 0.223 e. The van der Waals surface area contributed by atoms with E-state index in [1.54, 1.807) is 0 Å². The molecule has 0 aromatic carbocycles. The Kier molecular flexibility index (Phi) is 5.23. The molecule has 0 aliphatic carbocycles. The van der Waals surface area contributed by atoms with Crippen LogP contribution in [0.5, 0.6) is 0 Å². The molecule has 2 aromatic rings. The molecule has 120 valence electrons. The number of piperidine rings is 1. The van der Waals surface area contributed by atoms with Gasteiger partial charge in [-0.15, -0.1) is 11.3 Å². The van der Waals surface area contributed by atoms with Gasteiger partial charge < -0.3 is 9.26 Å². The fourth-order valence-corrected chi connectivity index (χ4v) is 3.71. The van der Waals surface area contributed by atoms with Gasteiger partial charge in [0.05, 0.1) is 12.7 Å². The summed E-state index contributed by atoms with van der Waals surface area (Å²) in [5.74, 6) is 1.36. The standard InChI is InChI=1S/C16H23N3O2S/c1-12-6-10-22-15(12)11-19-7-3-14(4-8-19)20-9-5-16-17-13(2)21-18-16/h6,10,14H,3-5,7-9,11H2,1-2H3. The molecule has 0 amide bonds.